The molecule has 88 valence electrons. The summed E-state index contributed by atoms with van der Waals surface area (Å²) in [5.74, 6) is 0. The molecule has 0 saturated heterocycles. The van der Waals surface area contributed by atoms with Crippen molar-refractivity contribution in [3.63, 3.8) is 0 Å². The molecule has 0 aliphatic heterocycles. The molecule has 0 nitrogen and oxygen atoms in total. The second-order valence-corrected chi connectivity index (χ2v) is 8.98. The van der Waals surface area contributed by atoms with Crippen LogP contribution in [0.25, 0.3) is 12.2 Å². The summed E-state index contributed by atoms with van der Waals surface area (Å²) in [4.78, 5) is 0. The zero-order chi connectivity index (χ0) is 12.7. The van der Waals surface area contributed by atoms with E-state index in [9.17, 15) is 0 Å². The van der Waals surface area contributed by atoms with Crippen LogP contribution in [0, 0.1) is 0 Å². The van der Waals surface area contributed by atoms with E-state index in [1.54, 1.807) is 11.1 Å². The topological polar surface area (TPSA) is 0 Å². The molecule has 4 rings (SSSR count). The summed E-state index contributed by atoms with van der Waals surface area (Å²) in [6.45, 7) is 0. The quantitative estimate of drug-likeness (QED) is 0.758. The molecule has 0 spiro atoms. The normalized spacial score (nSPS) is 22.1. The number of benzene rings is 2. The minimum atomic E-state index is -0.542. The molecule has 2 aromatic carbocycles. The van der Waals surface area contributed by atoms with E-state index in [0.29, 0.717) is 0 Å². The fourth-order valence-electron chi connectivity index (χ4n) is 2.98. The predicted octanol–water partition coefficient (Wildman–Crippen LogP) is 4.61. The SMILES string of the molecule is C1=C[CH]([Zr+2][CH]2C=Cc3ccccc32)c2ccccc21. The van der Waals surface area contributed by atoms with Gasteiger partial charge in [0.2, 0.25) is 0 Å². The zero-order valence-electron chi connectivity index (χ0n) is 10.6. The Balaban J connectivity index is 1.62. The molecule has 2 unspecified atom stereocenters. The Morgan fingerprint density at radius 2 is 1.11 bits per heavy atom. The monoisotopic (exact) mass is 320 g/mol. The summed E-state index contributed by atoms with van der Waals surface area (Å²) in [7, 11) is 0. The molecule has 0 aromatic heterocycles. The molecule has 0 amide bonds. The minimum absolute atomic E-state index is 0.542. The third kappa shape index (κ3) is 2.01. The molecular weight excluding hydrogens is 307 g/mol. The van der Waals surface area contributed by atoms with Crippen LogP contribution < -0.4 is 0 Å². The Labute approximate surface area is 125 Å². The summed E-state index contributed by atoms with van der Waals surface area (Å²) in [5.41, 5.74) is 5.99. The van der Waals surface area contributed by atoms with Gasteiger partial charge in [0.1, 0.15) is 0 Å². The average Bonchev–Trinajstić information content (AvgIpc) is 3.05. The predicted molar refractivity (Wildman–Crippen MR) is 76.4 cm³/mol. The fraction of sp³-hybridized carbons (Fsp3) is 0.111. The van der Waals surface area contributed by atoms with Crippen LogP contribution in [0.4, 0.5) is 0 Å². The van der Waals surface area contributed by atoms with Gasteiger partial charge in [-0.3, -0.25) is 0 Å². The van der Waals surface area contributed by atoms with E-state index >= 15 is 0 Å². The number of hydrogen-bond acceptors (Lipinski definition) is 0. The van der Waals surface area contributed by atoms with Crippen LogP contribution in [0.5, 0.6) is 0 Å². The number of rotatable bonds is 2. The van der Waals surface area contributed by atoms with Gasteiger partial charge in [0.25, 0.3) is 0 Å². The third-order valence-corrected chi connectivity index (χ3v) is 8.20. The van der Waals surface area contributed by atoms with Crippen molar-refractivity contribution in [3.05, 3.63) is 82.9 Å². The summed E-state index contributed by atoms with van der Waals surface area (Å²) in [6, 6.07) is 17.7. The maximum absolute atomic E-state index is 2.44. The van der Waals surface area contributed by atoms with Crippen molar-refractivity contribution in [2.45, 2.75) is 7.25 Å². The molecule has 19 heavy (non-hydrogen) atoms. The molecule has 0 radical (unpaired) electrons. The summed E-state index contributed by atoms with van der Waals surface area (Å²) < 4.78 is 1.47. The van der Waals surface area contributed by atoms with E-state index in [4.69, 9.17) is 0 Å². The van der Waals surface area contributed by atoms with Crippen LogP contribution in [0.15, 0.2) is 60.7 Å². The van der Waals surface area contributed by atoms with Crippen molar-refractivity contribution >= 4 is 12.2 Å². The second kappa shape index (κ2) is 4.72. The van der Waals surface area contributed by atoms with Crippen LogP contribution >= 0.6 is 0 Å². The Bertz CT molecular complexity index is 622. The number of allylic oxidation sites excluding steroid dienone is 2. The van der Waals surface area contributed by atoms with Crippen LogP contribution in [-0.2, 0) is 23.2 Å². The van der Waals surface area contributed by atoms with Crippen LogP contribution in [0.1, 0.15) is 29.5 Å². The summed E-state index contributed by atoms with van der Waals surface area (Å²) in [6.07, 6.45) is 9.49. The molecule has 2 aliphatic carbocycles. The summed E-state index contributed by atoms with van der Waals surface area (Å²) >= 11 is -0.542. The van der Waals surface area contributed by atoms with Gasteiger partial charge in [-0.05, 0) is 0 Å². The van der Waals surface area contributed by atoms with Crippen molar-refractivity contribution in [2.75, 3.05) is 0 Å². The fourth-order valence-corrected chi connectivity index (χ4v) is 7.13. The molecule has 0 fully saturated rings. The first-order valence-electron chi connectivity index (χ1n) is 6.72. The zero-order valence-corrected chi connectivity index (χ0v) is 13.0. The summed E-state index contributed by atoms with van der Waals surface area (Å²) in [5, 5.41) is 0. The third-order valence-electron chi connectivity index (χ3n) is 3.96. The van der Waals surface area contributed by atoms with E-state index in [1.165, 1.54) is 11.1 Å². The van der Waals surface area contributed by atoms with Gasteiger partial charge in [0.15, 0.2) is 0 Å². The molecule has 2 aliphatic rings. The molecule has 0 heterocycles. The van der Waals surface area contributed by atoms with E-state index in [-0.39, 0.29) is 0 Å². The Hall–Kier alpha value is -1.20. The van der Waals surface area contributed by atoms with Gasteiger partial charge in [0.05, 0.1) is 0 Å². The Morgan fingerprint density at radius 3 is 1.63 bits per heavy atom. The van der Waals surface area contributed by atoms with E-state index in [1.807, 2.05) is 0 Å². The van der Waals surface area contributed by atoms with Gasteiger partial charge in [0, 0.05) is 0 Å². The molecule has 0 saturated carbocycles. The van der Waals surface area contributed by atoms with Crippen molar-refractivity contribution in [1.82, 2.24) is 0 Å². The van der Waals surface area contributed by atoms with Crippen molar-refractivity contribution in [2.24, 2.45) is 0 Å². The van der Waals surface area contributed by atoms with Crippen LogP contribution in [-0.4, -0.2) is 0 Å². The molecule has 2 atom stereocenters. The standard InChI is InChI=1S/2C9H7.Zr/c2*1-2-5-9-7-3-6-8(9)4-1;/h2*1-7H;/q;;+2. The van der Waals surface area contributed by atoms with Gasteiger partial charge < -0.3 is 0 Å². The molecule has 1 heteroatoms. The number of fused-ring (bicyclic) bond motifs is 2. The van der Waals surface area contributed by atoms with Crippen molar-refractivity contribution in [3.8, 4) is 0 Å². The van der Waals surface area contributed by atoms with Gasteiger partial charge in [-0.15, -0.1) is 0 Å². The second-order valence-electron chi connectivity index (χ2n) is 5.10. The van der Waals surface area contributed by atoms with Gasteiger partial charge in [-0.25, -0.2) is 0 Å². The molecular formula is C18H14Zr+2. The first-order valence-corrected chi connectivity index (χ1v) is 9.56. The molecule has 0 bridgehead atoms. The van der Waals surface area contributed by atoms with Crippen LogP contribution in [0.3, 0.4) is 0 Å². The molecule has 2 aromatic rings. The average molecular weight is 322 g/mol. The van der Waals surface area contributed by atoms with Crippen molar-refractivity contribution in [1.29, 1.82) is 0 Å². The number of hydrogen-bond donors (Lipinski definition) is 0. The Morgan fingerprint density at radius 1 is 0.632 bits per heavy atom. The maximum atomic E-state index is 2.44. The van der Waals surface area contributed by atoms with E-state index in [0.717, 1.165) is 7.25 Å². The Kier molecular flexibility index (Phi) is 2.89. The van der Waals surface area contributed by atoms with E-state index in [2.05, 4.69) is 72.8 Å². The van der Waals surface area contributed by atoms with Gasteiger partial charge in [-0.1, -0.05) is 0 Å². The first-order chi connectivity index (χ1) is 9.42. The van der Waals surface area contributed by atoms with Gasteiger partial charge >= 0.3 is 126 Å². The van der Waals surface area contributed by atoms with E-state index < -0.39 is 23.2 Å². The molecule has 0 N–H and O–H groups in total. The van der Waals surface area contributed by atoms with Crippen molar-refractivity contribution < 1.29 is 23.2 Å². The van der Waals surface area contributed by atoms with Gasteiger partial charge in [-0.2, -0.15) is 0 Å². The van der Waals surface area contributed by atoms with Crippen LogP contribution in [0.2, 0.25) is 0 Å². The first kappa shape index (κ1) is 11.6.